The van der Waals surface area contributed by atoms with Crippen molar-refractivity contribution in [3.05, 3.63) is 34.9 Å². The summed E-state index contributed by atoms with van der Waals surface area (Å²) in [7, 11) is 0. The maximum Gasteiger partial charge on any atom is 0.326 e. The summed E-state index contributed by atoms with van der Waals surface area (Å²) in [5, 5.41) is 3.40. The predicted molar refractivity (Wildman–Crippen MR) is 166 cm³/mol. The molecule has 1 aliphatic carbocycles. The summed E-state index contributed by atoms with van der Waals surface area (Å²) in [5.41, 5.74) is 0.257. The zero-order valence-corrected chi connectivity index (χ0v) is 27.5. The molecule has 1 heterocycles. The standard InChI is InChI=1S/C35H56N2O4/c1-13-34(11,30(39)37-28(20-38)17-27-19-32(7,8)33(9,10)29(27)37)36-35(12,31(40)41-21-22(2)3)18-25(6)26-15-14-23(4)24(5)16-26/h14-16,20,22,25,27-29,36H,13,17-19,21H2,1-12H3/t25?,27-,28+,29-,34+,35+/m1/s1/i21D2,22D. The van der Waals surface area contributed by atoms with Gasteiger partial charge in [-0.05, 0) is 98.6 Å². The minimum absolute atomic E-state index is 0.0284. The number of benzene rings is 1. The molecule has 1 saturated carbocycles. The van der Waals surface area contributed by atoms with Gasteiger partial charge in [0.25, 0.3) is 0 Å². The van der Waals surface area contributed by atoms with E-state index in [1.165, 1.54) is 13.8 Å². The number of nitrogens with one attached hydrogen (secondary N) is 1. The third-order valence-corrected chi connectivity index (χ3v) is 10.6. The van der Waals surface area contributed by atoms with Gasteiger partial charge >= 0.3 is 5.97 Å². The summed E-state index contributed by atoms with van der Waals surface area (Å²) in [6.45, 7) is 20.3. The molecule has 1 saturated heterocycles. The zero-order chi connectivity index (χ0) is 33.8. The number of amides is 1. The van der Waals surface area contributed by atoms with Crippen LogP contribution in [0.3, 0.4) is 0 Å². The first-order valence-electron chi connectivity index (χ1n) is 16.8. The number of nitrogens with zero attached hydrogens (tertiary/aromatic N) is 1. The molecular formula is C35H56N2O4. The highest BCUT2D eigenvalue weighted by Crippen LogP contribution is 2.60. The van der Waals surface area contributed by atoms with Gasteiger partial charge in [-0.15, -0.1) is 0 Å². The van der Waals surface area contributed by atoms with Crippen LogP contribution >= 0.6 is 0 Å². The monoisotopic (exact) mass is 571 g/mol. The largest absolute Gasteiger partial charge is 0.464 e. The van der Waals surface area contributed by atoms with Gasteiger partial charge in [0.2, 0.25) is 5.91 Å². The fraction of sp³-hybridized carbons (Fsp3) is 0.743. The first-order chi connectivity index (χ1) is 19.9. The average molecular weight is 572 g/mol. The predicted octanol–water partition coefficient (Wildman–Crippen LogP) is 6.75. The van der Waals surface area contributed by atoms with Crippen LogP contribution in [-0.2, 0) is 19.1 Å². The zero-order valence-electron chi connectivity index (χ0n) is 30.5. The smallest absolute Gasteiger partial charge is 0.326 e. The Morgan fingerprint density at radius 3 is 2.34 bits per heavy atom. The molecule has 6 nitrogen and oxygen atoms in total. The molecule has 0 aromatic heterocycles. The number of esters is 1. The van der Waals surface area contributed by atoms with E-state index in [-0.39, 0.29) is 41.0 Å². The topological polar surface area (TPSA) is 75.7 Å². The quantitative estimate of drug-likeness (QED) is 0.235. The number of fused-ring (bicyclic) bond motifs is 1. The van der Waals surface area contributed by atoms with Crippen LogP contribution in [0.1, 0.15) is 122 Å². The van der Waals surface area contributed by atoms with Gasteiger partial charge in [-0.1, -0.05) is 73.6 Å². The minimum Gasteiger partial charge on any atom is -0.464 e. The lowest BCUT2D eigenvalue weighted by atomic mass is 9.68. The van der Waals surface area contributed by atoms with Gasteiger partial charge in [-0.2, -0.15) is 0 Å². The van der Waals surface area contributed by atoms with Crippen LogP contribution < -0.4 is 5.32 Å². The van der Waals surface area contributed by atoms with Crippen LogP contribution in [0.15, 0.2) is 18.2 Å². The number of carbonyl (C=O) groups is 3. The molecule has 41 heavy (non-hydrogen) atoms. The fourth-order valence-corrected chi connectivity index (χ4v) is 7.27. The highest BCUT2D eigenvalue weighted by Gasteiger charge is 2.63. The van der Waals surface area contributed by atoms with Gasteiger partial charge in [0.15, 0.2) is 0 Å². The molecule has 0 radical (unpaired) electrons. The van der Waals surface area contributed by atoms with Crippen LogP contribution in [-0.4, -0.2) is 52.8 Å². The third-order valence-electron chi connectivity index (χ3n) is 10.6. The van der Waals surface area contributed by atoms with E-state index in [4.69, 9.17) is 8.85 Å². The van der Waals surface area contributed by atoms with Crippen molar-refractivity contribution in [2.45, 2.75) is 138 Å². The Labute approximate surface area is 253 Å². The van der Waals surface area contributed by atoms with Crippen LogP contribution in [0.2, 0.25) is 0 Å². The molecule has 3 rings (SSSR count). The van der Waals surface area contributed by atoms with E-state index in [0.717, 1.165) is 29.4 Å². The van der Waals surface area contributed by atoms with E-state index in [1.807, 2.05) is 39.8 Å². The van der Waals surface area contributed by atoms with Crippen LogP contribution in [0.25, 0.3) is 0 Å². The van der Waals surface area contributed by atoms with Gasteiger partial charge in [0.05, 0.1) is 20.9 Å². The summed E-state index contributed by atoms with van der Waals surface area (Å²) in [6.07, 6.45) is 2.97. The molecule has 0 spiro atoms. The van der Waals surface area contributed by atoms with Gasteiger partial charge in [0.1, 0.15) is 11.8 Å². The van der Waals surface area contributed by atoms with E-state index >= 15 is 0 Å². The first-order valence-corrected chi connectivity index (χ1v) is 15.3. The first kappa shape index (κ1) is 28.9. The van der Waals surface area contributed by atoms with Crippen molar-refractivity contribution in [2.75, 3.05) is 6.56 Å². The Morgan fingerprint density at radius 1 is 1.17 bits per heavy atom. The maximum absolute atomic E-state index is 14.7. The van der Waals surface area contributed by atoms with Gasteiger partial charge in [-0.3, -0.25) is 14.9 Å². The number of aldehydes is 1. The SMILES string of the molecule is [2H]C(C)(C)C([2H])([2H])OC(=O)[C@](C)(CC(C)c1ccc(C)c(C)c1)N[C@@](C)(CC)C(=O)N1[C@H](C=O)C[C@@H]2CC(C)(C)C(C)(C)[C@@H]21. The number of ether oxygens (including phenoxy) is 1. The molecule has 1 unspecified atom stereocenters. The molecule has 1 amide bonds. The Bertz CT molecular complexity index is 1270. The van der Waals surface area contributed by atoms with Gasteiger partial charge in [-0.25, -0.2) is 0 Å². The second kappa shape index (κ2) is 11.8. The molecule has 6 atom stereocenters. The number of carbonyl (C=O) groups excluding carboxylic acids is 3. The van der Waals surface area contributed by atoms with E-state index in [9.17, 15) is 14.4 Å². The molecule has 1 aromatic rings. The third kappa shape index (κ3) is 6.28. The molecular weight excluding hydrogens is 512 g/mol. The van der Waals surface area contributed by atoms with E-state index in [1.54, 1.807) is 18.7 Å². The van der Waals surface area contributed by atoms with Crippen molar-refractivity contribution >= 4 is 18.2 Å². The maximum atomic E-state index is 14.7. The Hall–Kier alpha value is -2.21. The lowest BCUT2D eigenvalue weighted by Crippen LogP contribution is -2.67. The Kier molecular flexibility index (Phi) is 8.33. The van der Waals surface area contributed by atoms with Crippen molar-refractivity contribution in [3.63, 3.8) is 0 Å². The Morgan fingerprint density at radius 2 is 1.80 bits per heavy atom. The van der Waals surface area contributed by atoms with Gasteiger partial charge < -0.3 is 14.4 Å². The molecule has 6 heteroatoms. The second-order valence-corrected chi connectivity index (χ2v) is 14.7. The van der Waals surface area contributed by atoms with Crippen molar-refractivity contribution in [1.29, 1.82) is 0 Å². The molecule has 1 aromatic carbocycles. The number of rotatable bonds is 11. The Balaban J connectivity index is 2.06. The normalized spacial score (nSPS) is 28.3. The van der Waals surface area contributed by atoms with E-state index in [0.29, 0.717) is 12.8 Å². The van der Waals surface area contributed by atoms with Crippen LogP contribution in [0.4, 0.5) is 0 Å². The van der Waals surface area contributed by atoms with Crippen molar-refractivity contribution in [1.82, 2.24) is 10.2 Å². The van der Waals surface area contributed by atoms with Crippen molar-refractivity contribution in [2.24, 2.45) is 22.6 Å². The number of likely N-dealkylation sites (tertiary alicyclic amines) is 1. The second-order valence-electron chi connectivity index (χ2n) is 14.7. The van der Waals surface area contributed by atoms with Crippen molar-refractivity contribution < 1.29 is 23.2 Å². The number of hydrogen-bond acceptors (Lipinski definition) is 5. The summed E-state index contributed by atoms with van der Waals surface area (Å²) in [6, 6.07) is 5.48. The average Bonchev–Trinajstić information content (AvgIpc) is 3.33. The highest BCUT2D eigenvalue weighted by atomic mass is 16.5. The lowest BCUT2D eigenvalue weighted by molar-refractivity contribution is -0.156. The molecule has 2 fully saturated rings. The van der Waals surface area contributed by atoms with Gasteiger partial charge in [0, 0.05) is 7.41 Å². The molecule has 1 aliphatic heterocycles. The number of aryl methyl sites for hydroxylation is 2. The highest BCUT2D eigenvalue weighted by molar-refractivity contribution is 5.91. The summed E-state index contributed by atoms with van der Waals surface area (Å²) >= 11 is 0. The lowest BCUT2D eigenvalue weighted by Gasteiger charge is -2.47. The fourth-order valence-electron chi connectivity index (χ4n) is 7.27. The summed E-state index contributed by atoms with van der Waals surface area (Å²) in [5.74, 6) is -2.76. The van der Waals surface area contributed by atoms with E-state index < -0.39 is 35.5 Å². The van der Waals surface area contributed by atoms with Crippen LogP contribution in [0.5, 0.6) is 0 Å². The van der Waals surface area contributed by atoms with E-state index in [2.05, 4.69) is 39.1 Å². The molecule has 2 aliphatic rings. The number of hydrogen-bond donors (Lipinski definition) is 1. The van der Waals surface area contributed by atoms with Crippen molar-refractivity contribution in [3.8, 4) is 0 Å². The molecule has 0 bridgehead atoms. The molecule has 1 N–H and O–H groups in total. The minimum atomic E-state index is -2.58. The molecule has 230 valence electrons. The van der Waals surface area contributed by atoms with Crippen LogP contribution in [0, 0.1) is 36.5 Å². The summed E-state index contributed by atoms with van der Waals surface area (Å²) < 4.78 is 30.5. The summed E-state index contributed by atoms with van der Waals surface area (Å²) in [4.78, 5) is 43.0.